The van der Waals surface area contributed by atoms with E-state index in [1.165, 1.54) is 7.05 Å². The molecule has 0 aliphatic rings. The second-order valence-corrected chi connectivity index (χ2v) is 7.39. The van der Waals surface area contributed by atoms with Crippen molar-refractivity contribution in [3.8, 4) is 17.2 Å². The summed E-state index contributed by atoms with van der Waals surface area (Å²) in [4.78, 5) is 19.5. The number of carbonyl (C=O) groups excluding carboxylic acids is 1. The molecule has 164 valence electrons. The van der Waals surface area contributed by atoms with Gasteiger partial charge in [0.15, 0.2) is 0 Å². The lowest BCUT2D eigenvalue weighted by atomic mass is 10.1. The Morgan fingerprint density at radius 2 is 1.91 bits per heavy atom. The Kier molecular flexibility index (Phi) is 6.58. The van der Waals surface area contributed by atoms with E-state index in [-0.39, 0.29) is 6.03 Å². The molecule has 0 bridgehead atoms. The molecule has 0 radical (unpaired) electrons. The summed E-state index contributed by atoms with van der Waals surface area (Å²) in [5.41, 5.74) is 2.45. The second kappa shape index (κ2) is 9.90. The van der Waals surface area contributed by atoms with Crippen molar-refractivity contribution in [2.24, 2.45) is 0 Å². The van der Waals surface area contributed by atoms with Crippen LogP contribution < -0.4 is 20.1 Å². The van der Waals surface area contributed by atoms with E-state index in [0.717, 1.165) is 5.56 Å². The molecule has 4 aromatic rings. The summed E-state index contributed by atoms with van der Waals surface area (Å²) in [6.07, 6.45) is 1.62. The number of pyridine rings is 1. The third-order valence-corrected chi connectivity index (χ3v) is 5.10. The molecule has 8 heteroatoms. The lowest BCUT2D eigenvalue weighted by Crippen LogP contribution is -2.24. The summed E-state index contributed by atoms with van der Waals surface area (Å²) in [6.45, 7) is 7.93. The zero-order chi connectivity index (χ0) is 23.2. The number of ether oxygens (including phenoxy) is 2. The fraction of sp³-hybridized carbons (Fsp3) is 0.0800. The Morgan fingerprint density at radius 1 is 1.09 bits per heavy atom. The van der Waals surface area contributed by atoms with E-state index >= 15 is 0 Å². The van der Waals surface area contributed by atoms with Gasteiger partial charge in [-0.25, -0.2) is 9.64 Å². The average Bonchev–Trinajstić information content (AvgIpc) is 2.84. The van der Waals surface area contributed by atoms with Crippen LogP contribution in [0.4, 0.5) is 16.2 Å². The molecular weight excluding hydrogens is 440 g/mol. The van der Waals surface area contributed by atoms with Gasteiger partial charge in [0.2, 0.25) is 5.69 Å². The molecule has 0 saturated heterocycles. The molecule has 0 atom stereocenters. The maximum Gasteiger partial charge on any atom is 0.319 e. The Labute approximate surface area is 195 Å². The molecule has 0 aliphatic carbocycles. The highest BCUT2D eigenvalue weighted by atomic mass is 35.5. The van der Waals surface area contributed by atoms with Gasteiger partial charge >= 0.3 is 6.03 Å². The van der Waals surface area contributed by atoms with Crippen LogP contribution in [0.1, 0.15) is 5.56 Å². The minimum absolute atomic E-state index is 0.327. The zero-order valence-electron chi connectivity index (χ0n) is 17.6. The topological polar surface area (TPSA) is 76.8 Å². The van der Waals surface area contributed by atoms with Crippen molar-refractivity contribution in [1.82, 2.24) is 10.3 Å². The van der Waals surface area contributed by atoms with Gasteiger partial charge in [0.05, 0.1) is 22.8 Å². The highest BCUT2D eigenvalue weighted by Crippen LogP contribution is 2.38. The Hall–Kier alpha value is -4.28. The summed E-state index contributed by atoms with van der Waals surface area (Å²) in [5, 5.41) is 6.09. The molecule has 4 rings (SSSR count). The first-order valence-electron chi connectivity index (χ1n) is 10.0. The minimum Gasteiger partial charge on any atom is -0.500 e. The molecule has 0 spiro atoms. The molecule has 0 aliphatic heterocycles. The number of hydrogen-bond acceptors (Lipinski definition) is 4. The van der Waals surface area contributed by atoms with Gasteiger partial charge in [0, 0.05) is 24.7 Å². The van der Waals surface area contributed by atoms with Gasteiger partial charge in [0.25, 0.3) is 0 Å². The molecule has 0 unspecified atom stereocenters. The van der Waals surface area contributed by atoms with Crippen molar-refractivity contribution in [3.63, 3.8) is 0 Å². The molecule has 3 aromatic carbocycles. The van der Waals surface area contributed by atoms with Gasteiger partial charge in [-0.3, -0.25) is 4.98 Å². The summed E-state index contributed by atoms with van der Waals surface area (Å²) >= 11 is 6.28. The first kappa shape index (κ1) is 21.9. The molecule has 1 aromatic heterocycles. The van der Waals surface area contributed by atoms with Crippen LogP contribution in [0.15, 0.2) is 72.9 Å². The van der Waals surface area contributed by atoms with E-state index in [9.17, 15) is 4.79 Å². The standard InChI is InChI=1S/C25H19ClN4O3/c1-27-22-13-18-21(14-24(22)32-15-16-6-4-3-5-7-16)29-11-10-23(18)33-17-8-9-20(19(26)12-17)30-25(31)28-2/h3-14H,15H2,2H3,(H2,28,30,31). The van der Waals surface area contributed by atoms with Crippen LogP contribution in [0.2, 0.25) is 5.02 Å². The quantitative estimate of drug-likeness (QED) is 0.321. The van der Waals surface area contributed by atoms with Gasteiger partial charge in [-0.1, -0.05) is 41.9 Å². The van der Waals surface area contributed by atoms with E-state index in [4.69, 9.17) is 27.6 Å². The molecule has 2 N–H and O–H groups in total. The third kappa shape index (κ3) is 5.14. The number of hydrogen-bond donors (Lipinski definition) is 2. The van der Waals surface area contributed by atoms with Crippen LogP contribution in [0.25, 0.3) is 15.7 Å². The number of nitrogens with one attached hydrogen (secondary N) is 2. The normalized spacial score (nSPS) is 10.3. The highest BCUT2D eigenvalue weighted by molar-refractivity contribution is 6.33. The Bertz CT molecular complexity index is 1350. The van der Waals surface area contributed by atoms with Gasteiger partial charge in [-0.05, 0) is 35.9 Å². The van der Waals surface area contributed by atoms with Crippen molar-refractivity contribution in [1.29, 1.82) is 0 Å². The summed E-state index contributed by atoms with van der Waals surface area (Å²) in [5.74, 6) is 1.45. The average molecular weight is 459 g/mol. The summed E-state index contributed by atoms with van der Waals surface area (Å²) < 4.78 is 11.9. The van der Waals surface area contributed by atoms with Crippen molar-refractivity contribution < 1.29 is 14.3 Å². The predicted molar refractivity (Wildman–Crippen MR) is 128 cm³/mol. The number of rotatable bonds is 6. The lowest BCUT2D eigenvalue weighted by molar-refractivity contribution is 0.254. The number of halogens is 1. The van der Waals surface area contributed by atoms with E-state index in [1.54, 1.807) is 42.6 Å². The van der Waals surface area contributed by atoms with Crippen molar-refractivity contribution >= 4 is 39.9 Å². The Balaban J connectivity index is 1.61. The molecule has 2 amide bonds. The molecule has 0 fully saturated rings. The van der Waals surface area contributed by atoms with Crippen LogP contribution in [-0.4, -0.2) is 18.1 Å². The number of carbonyl (C=O) groups is 1. The number of amides is 2. The number of nitrogens with zero attached hydrogens (tertiary/aromatic N) is 2. The lowest BCUT2D eigenvalue weighted by Gasteiger charge is -2.13. The smallest absolute Gasteiger partial charge is 0.319 e. The first-order valence-corrected chi connectivity index (χ1v) is 10.4. The third-order valence-electron chi connectivity index (χ3n) is 4.78. The summed E-state index contributed by atoms with van der Waals surface area (Å²) in [7, 11) is 1.52. The van der Waals surface area contributed by atoms with Gasteiger partial charge < -0.3 is 20.1 Å². The number of fused-ring (bicyclic) bond motifs is 1. The van der Waals surface area contributed by atoms with Crippen LogP contribution in [0.3, 0.4) is 0 Å². The first-order chi connectivity index (χ1) is 16.1. The highest BCUT2D eigenvalue weighted by Gasteiger charge is 2.13. The molecule has 7 nitrogen and oxygen atoms in total. The van der Waals surface area contributed by atoms with Crippen molar-refractivity contribution in [3.05, 3.63) is 94.9 Å². The van der Waals surface area contributed by atoms with Crippen LogP contribution in [-0.2, 0) is 6.61 Å². The van der Waals surface area contributed by atoms with Crippen LogP contribution in [0.5, 0.6) is 17.2 Å². The van der Waals surface area contributed by atoms with Gasteiger partial charge in [0.1, 0.15) is 23.9 Å². The number of urea groups is 1. The van der Waals surface area contributed by atoms with E-state index < -0.39 is 0 Å². The fourth-order valence-electron chi connectivity index (χ4n) is 3.14. The monoisotopic (exact) mass is 458 g/mol. The maximum absolute atomic E-state index is 11.5. The van der Waals surface area contributed by atoms with Crippen molar-refractivity contribution in [2.45, 2.75) is 6.61 Å². The molecular formula is C25H19ClN4O3. The van der Waals surface area contributed by atoms with Crippen LogP contribution in [0, 0.1) is 6.57 Å². The van der Waals surface area contributed by atoms with Gasteiger partial charge in [-0.15, -0.1) is 0 Å². The zero-order valence-corrected chi connectivity index (χ0v) is 18.4. The molecule has 33 heavy (non-hydrogen) atoms. The molecule has 0 saturated carbocycles. The van der Waals surface area contributed by atoms with E-state index in [0.29, 0.717) is 51.2 Å². The maximum atomic E-state index is 11.5. The van der Waals surface area contributed by atoms with Crippen LogP contribution >= 0.6 is 11.6 Å². The Morgan fingerprint density at radius 3 is 2.64 bits per heavy atom. The fourth-order valence-corrected chi connectivity index (χ4v) is 3.35. The van der Waals surface area contributed by atoms with E-state index in [1.807, 2.05) is 30.3 Å². The largest absolute Gasteiger partial charge is 0.500 e. The predicted octanol–water partition coefficient (Wildman–Crippen LogP) is 6.56. The second-order valence-electron chi connectivity index (χ2n) is 6.98. The molecule has 1 heterocycles. The van der Waals surface area contributed by atoms with E-state index in [2.05, 4.69) is 20.5 Å². The van der Waals surface area contributed by atoms with Gasteiger partial charge in [-0.2, -0.15) is 0 Å². The minimum atomic E-state index is -0.373. The number of aromatic nitrogens is 1. The SMILES string of the molecule is [C-]#[N+]c1cc2c(Oc3ccc(NC(=O)NC)c(Cl)c3)ccnc2cc1OCc1ccccc1. The van der Waals surface area contributed by atoms with Crippen molar-refractivity contribution in [2.75, 3.05) is 12.4 Å². The summed E-state index contributed by atoms with van der Waals surface area (Å²) in [6, 6.07) is 19.5. The number of benzene rings is 3. The number of anilines is 1.